The Morgan fingerprint density at radius 1 is 1.45 bits per heavy atom. The summed E-state index contributed by atoms with van der Waals surface area (Å²) in [6, 6.07) is 7.66. The van der Waals surface area contributed by atoms with E-state index in [0.717, 1.165) is 17.8 Å². The van der Waals surface area contributed by atoms with E-state index in [1.165, 1.54) is 35.6 Å². The Morgan fingerprint density at radius 3 is 2.91 bits per heavy atom. The number of benzene rings is 1. The largest absolute Gasteiger partial charge is 0.319 e. The molecule has 1 fully saturated rings. The molecule has 6 heteroatoms. The molecule has 0 atom stereocenters. The summed E-state index contributed by atoms with van der Waals surface area (Å²) in [7, 11) is 0. The van der Waals surface area contributed by atoms with Crippen molar-refractivity contribution in [2.75, 3.05) is 5.32 Å². The number of nitrogens with one attached hydrogen (secondary N) is 1. The number of hydrogen-bond acceptors (Lipinski definition) is 4. The van der Waals surface area contributed by atoms with Crippen molar-refractivity contribution >= 4 is 29.0 Å². The molecule has 0 unspecified atom stereocenters. The Kier molecular flexibility index (Phi) is 3.98. The molecule has 0 spiro atoms. The lowest BCUT2D eigenvalue weighted by Crippen LogP contribution is -2.14. The zero-order chi connectivity index (χ0) is 15.5. The number of amides is 1. The molecule has 1 saturated carbocycles. The van der Waals surface area contributed by atoms with E-state index in [1.54, 1.807) is 6.07 Å². The number of nitriles is 1. The van der Waals surface area contributed by atoms with Gasteiger partial charge >= 0.3 is 0 Å². The Labute approximate surface area is 130 Å². The first kappa shape index (κ1) is 14.4. The van der Waals surface area contributed by atoms with Gasteiger partial charge in [0.15, 0.2) is 0 Å². The minimum atomic E-state index is -0.645. The van der Waals surface area contributed by atoms with Gasteiger partial charge in [-0.3, -0.25) is 4.79 Å². The first-order chi connectivity index (χ1) is 10.7. The number of thiazole rings is 1. The van der Waals surface area contributed by atoms with Crippen molar-refractivity contribution in [3.63, 3.8) is 0 Å². The van der Waals surface area contributed by atoms with Gasteiger partial charge in [0.25, 0.3) is 5.91 Å². The molecular formula is C16H12FN3OS. The van der Waals surface area contributed by atoms with E-state index in [-0.39, 0.29) is 11.3 Å². The maximum absolute atomic E-state index is 13.5. The molecule has 0 aliphatic heterocycles. The van der Waals surface area contributed by atoms with E-state index in [0.29, 0.717) is 11.6 Å². The molecule has 3 rings (SSSR count). The zero-order valence-corrected chi connectivity index (χ0v) is 12.4. The monoisotopic (exact) mass is 313 g/mol. The summed E-state index contributed by atoms with van der Waals surface area (Å²) in [5.41, 5.74) is 0.536. The fourth-order valence-corrected chi connectivity index (χ4v) is 2.88. The number of carbonyl (C=O) groups is 1. The predicted molar refractivity (Wildman–Crippen MR) is 82.7 cm³/mol. The minimum Gasteiger partial charge on any atom is -0.319 e. The number of hydrogen-bond donors (Lipinski definition) is 1. The van der Waals surface area contributed by atoms with Gasteiger partial charge in [-0.25, -0.2) is 9.37 Å². The van der Waals surface area contributed by atoms with Crippen LogP contribution in [0.1, 0.15) is 29.5 Å². The van der Waals surface area contributed by atoms with Crippen LogP contribution in [0.3, 0.4) is 0 Å². The van der Waals surface area contributed by atoms with Crippen LogP contribution >= 0.6 is 11.3 Å². The van der Waals surface area contributed by atoms with Crippen LogP contribution < -0.4 is 5.32 Å². The second-order valence-electron chi connectivity index (χ2n) is 4.99. The van der Waals surface area contributed by atoms with Crippen molar-refractivity contribution in [1.29, 1.82) is 5.26 Å². The number of rotatable bonds is 4. The second-order valence-corrected chi connectivity index (χ2v) is 5.88. The van der Waals surface area contributed by atoms with Crippen molar-refractivity contribution in [1.82, 2.24) is 4.98 Å². The highest BCUT2D eigenvalue weighted by Gasteiger charge is 2.26. The number of aromatic nitrogens is 1. The number of anilines is 1. The SMILES string of the molecule is N#C/C(=C/c1csc(C2CC2)n1)C(=O)Nc1ccccc1F. The van der Waals surface area contributed by atoms with Gasteiger partial charge in [0.05, 0.1) is 16.4 Å². The Bertz CT molecular complexity index is 787. The van der Waals surface area contributed by atoms with Crippen molar-refractivity contribution in [3.8, 4) is 6.07 Å². The van der Waals surface area contributed by atoms with Gasteiger partial charge < -0.3 is 5.32 Å². The maximum Gasteiger partial charge on any atom is 0.266 e. The molecule has 0 bridgehead atoms. The molecule has 0 saturated heterocycles. The summed E-state index contributed by atoms with van der Waals surface area (Å²) in [5.74, 6) is -0.656. The Morgan fingerprint density at radius 2 is 2.23 bits per heavy atom. The van der Waals surface area contributed by atoms with Crippen LogP contribution in [0.25, 0.3) is 6.08 Å². The van der Waals surface area contributed by atoms with Gasteiger partial charge in [0, 0.05) is 11.3 Å². The third-order valence-corrected chi connectivity index (χ3v) is 4.27. The predicted octanol–water partition coefficient (Wildman–Crippen LogP) is 3.71. The van der Waals surface area contributed by atoms with Gasteiger partial charge in [-0.05, 0) is 31.1 Å². The van der Waals surface area contributed by atoms with Gasteiger partial charge in [0.1, 0.15) is 17.5 Å². The van der Waals surface area contributed by atoms with E-state index in [1.807, 2.05) is 11.4 Å². The van der Waals surface area contributed by atoms with Crippen molar-refractivity contribution in [2.45, 2.75) is 18.8 Å². The summed E-state index contributed by atoms with van der Waals surface area (Å²) in [6.07, 6.45) is 3.73. The lowest BCUT2D eigenvalue weighted by Gasteiger charge is -2.04. The number of carbonyl (C=O) groups excluding carboxylic acids is 1. The molecule has 1 aromatic heterocycles. The summed E-state index contributed by atoms with van der Waals surface area (Å²) < 4.78 is 13.5. The van der Waals surface area contributed by atoms with Crippen LogP contribution in [0, 0.1) is 17.1 Å². The highest BCUT2D eigenvalue weighted by atomic mass is 32.1. The van der Waals surface area contributed by atoms with Crippen LogP contribution in [-0.2, 0) is 4.79 Å². The molecule has 1 amide bonds. The Balaban J connectivity index is 1.77. The highest BCUT2D eigenvalue weighted by molar-refractivity contribution is 7.09. The smallest absolute Gasteiger partial charge is 0.266 e. The maximum atomic E-state index is 13.5. The molecule has 110 valence electrons. The van der Waals surface area contributed by atoms with Crippen LogP contribution in [0.5, 0.6) is 0 Å². The third-order valence-electron chi connectivity index (χ3n) is 3.25. The summed E-state index contributed by atoms with van der Waals surface area (Å²) in [5, 5.41) is 14.4. The quantitative estimate of drug-likeness (QED) is 0.691. The molecule has 4 nitrogen and oxygen atoms in total. The van der Waals surface area contributed by atoms with Crippen molar-refractivity contribution in [3.05, 3.63) is 51.7 Å². The lowest BCUT2D eigenvalue weighted by molar-refractivity contribution is -0.112. The molecule has 2 aromatic rings. The van der Waals surface area contributed by atoms with Gasteiger partial charge in [-0.15, -0.1) is 11.3 Å². The summed E-state index contributed by atoms with van der Waals surface area (Å²) >= 11 is 1.53. The van der Waals surface area contributed by atoms with E-state index in [4.69, 9.17) is 5.26 Å². The number of nitrogens with zero attached hydrogens (tertiary/aromatic N) is 2. The molecule has 1 N–H and O–H groups in total. The van der Waals surface area contributed by atoms with Gasteiger partial charge in [0.2, 0.25) is 0 Å². The van der Waals surface area contributed by atoms with Gasteiger partial charge in [-0.1, -0.05) is 12.1 Å². The summed E-state index contributed by atoms with van der Waals surface area (Å²) in [6.45, 7) is 0. The average Bonchev–Trinajstić information content (AvgIpc) is 3.26. The van der Waals surface area contributed by atoms with Gasteiger partial charge in [-0.2, -0.15) is 5.26 Å². The van der Waals surface area contributed by atoms with E-state index < -0.39 is 11.7 Å². The summed E-state index contributed by atoms with van der Waals surface area (Å²) in [4.78, 5) is 16.5. The van der Waals surface area contributed by atoms with Crippen molar-refractivity contribution < 1.29 is 9.18 Å². The number of halogens is 1. The molecule has 1 aliphatic rings. The molecule has 0 radical (unpaired) electrons. The first-order valence-corrected chi connectivity index (χ1v) is 7.68. The second kappa shape index (κ2) is 6.08. The average molecular weight is 313 g/mol. The van der Waals surface area contributed by atoms with Crippen LogP contribution in [-0.4, -0.2) is 10.9 Å². The van der Waals surface area contributed by atoms with Crippen LogP contribution in [0.4, 0.5) is 10.1 Å². The molecular weight excluding hydrogens is 301 g/mol. The fourth-order valence-electron chi connectivity index (χ4n) is 1.93. The molecule has 1 heterocycles. The topological polar surface area (TPSA) is 65.8 Å². The van der Waals surface area contributed by atoms with E-state index in [2.05, 4.69) is 10.3 Å². The van der Waals surface area contributed by atoms with Crippen LogP contribution in [0.15, 0.2) is 35.2 Å². The Hall–Kier alpha value is -2.52. The zero-order valence-electron chi connectivity index (χ0n) is 11.5. The standard InChI is InChI=1S/C16H12FN3OS/c17-13-3-1-2-4-14(13)20-15(21)11(8-18)7-12-9-22-16(19-12)10-5-6-10/h1-4,7,9-10H,5-6H2,(H,20,21)/b11-7-. The molecule has 1 aromatic carbocycles. The fraction of sp³-hybridized carbons (Fsp3) is 0.188. The minimum absolute atomic E-state index is 0.0468. The van der Waals surface area contributed by atoms with Crippen molar-refractivity contribution in [2.24, 2.45) is 0 Å². The normalized spacial score (nSPS) is 14.5. The highest BCUT2D eigenvalue weighted by Crippen LogP contribution is 2.41. The van der Waals surface area contributed by atoms with E-state index in [9.17, 15) is 9.18 Å². The third kappa shape index (κ3) is 3.21. The van der Waals surface area contributed by atoms with Crippen LogP contribution in [0.2, 0.25) is 0 Å². The lowest BCUT2D eigenvalue weighted by atomic mass is 10.2. The van der Waals surface area contributed by atoms with E-state index >= 15 is 0 Å². The molecule has 1 aliphatic carbocycles. The first-order valence-electron chi connectivity index (χ1n) is 6.80. The molecule has 22 heavy (non-hydrogen) atoms. The number of para-hydroxylation sites is 1.